The zero-order valence-corrected chi connectivity index (χ0v) is 10.2. The van der Waals surface area contributed by atoms with Crippen LogP contribution in [-0.2, 0) is 5.54 Å². The molecule has 2 heterocycles. The van der Waals surface area contributed by atoms with Crippen molar-refractivity contribution in [1.29, 1.82) is 0 Å². The van der Waals surface area contributed by atoms with Gasteiger partial charge in [0.05, 0.1) is 5.69 Å². The summed E-state index contributed by atoms with van der Waals surface area (Å²) in [6.45, 7) is 6.00. The highest BCUT2D eigenvalue weighted by atomic mass is 16.4. The maximum absolute atomic E-state index is 5.52. The van der Waals surface area contributed by atoms with Crippen molar-refractivity contribution in [2.45, 2.75) is 45.1 Å². The zero-order chi connectivity index (χ0) is 12.0. The molecule has 1 saturated carbocycles. The van der Waals surface area contributed by atoms with Crippen LogP contribution in [0.2, 0.25) is 0 Å². The molecule has 0 aromatic carbocycles. The fourth-order valence-corrected chi connectivity index (χ4v) is 1.89. The van der Waals surface area contributed by atoms with Crippen LogP contribution in [-0.4, -0.2) is 25.2 Å². The Morgan fingerprint density at radius 3 is 2.53 bits per heavy atom. The maximum atomic E-state index is 5.52. The quantitative estimate of drug-likeness (QED) is 0.805. The third kappa shape index (κ3) is 1.55. The second kappa shape index (κ2) is 3.38. The first-order chi connectivity index (χ1) is 8.12. The fourth-order valence-electron chi connectivity index (χ4n) is 1.89. The normalized spacial score (nSPS) is 17.6. The Morgan fingerprint density at radius 2 is 2.06 bits per heavy atom. The van der Waals surface area contributed by atoms with E-state index in [0.29, 0.717) is 17.7 Å². The molecule has 0 spiro atoms. The highest BCUT2D eigenvalue weighted by Gasteiger charge is 2.52. The number of hydrogen-bond donors (Lipinski definition) is 0. The molecule has 0 saturated heterocycles. The van der Waals surface area contributed by atoms with Gasteiger partial charge in [0.2, 0.25) is 11.8 Å². The van der Waals surface area contributed by atoms with Gasteiger partial charge in [-0.25, -0.2) is 4.68 Å². The molecule has 0 unspecified atom stereocenters. The van der Waals surface area contributed by atoms with E-state index in [1.165, 1.54) is 0 Å². The molecule has 6 heteroatoms. The lowest BCUT2D eigenvalue weighted by Crippen LogP contribution is -2.20. The Balaban J connectivity index is 1.97. The number of aryl methyl sites for hydroxylation is 1. The Hall–Kier alpha value is -1.72. The molecule has 1 fully saturated rings. The lowest BCUT2D eigenvalue weighted by molar-refractivity contribution is 0.359. The van der Waals surface area contributed by atoms with Crippen LogP contribution in [0.5, 0.6) is 0 Å². The van der Waals surface area contributed by atoms with Gasteiger partial charge in [0, 0.05) is 13.1 Å². The summed E-state index contributed by atoms with van der Waals surface area (Å²) in [6, 6.07) is 0. The predicted octanol–water partition coefficient (Wildman–Crippen LogP) is 1.63. The van der Waals surface area contributed by atoms with Gasteiger partial charge in [-0.2, -0.15) is 0 Å². The molecule has 0 bridgehead atoms. The van der Waals surface area contributed by atoms with Crippen LogP contribution in [0.15, 0.2) is 10.6 Å². The van der Waals surface area contributed by atoms with Crippen LogP contribution in [0.25, 0.3) is 0 Å². The topological polar surface area (TPSA) is 69.6 Å². The Labute approximate surface area is 99.0 Å². The summed E-state index contributed by atoms with van der Waals surface area (Å²) in [6.07, 6.45) is 3.95. The average molecular weight is 233 g/mol. The smallest absolute Gasteiger partial charge is 0.244 e. The molecule has 17 heavy (non-hydrogen) atoms. The first kappa shape index (κ1) is 10.4. The largest absolute Gasteiger partial charge is 0.423 e. The van der Waals surface area contributed by atoms with E-state index in [0.717, 1.165) is 18.5 Å². The second-order valence-electron chi connectivity index (χ2n) is 4.90. The van der Waals surface area contributed by atoms with E-state index in [1.807, 2.05) is 10.9 Å². The van der Waals surface area contributed by atoms with Crippen molar-refractivity contribution < 1.29 is 4.42 Å². The number of rotatable bonds is 3. The van der Waals surface area contributed by atoms with Crippen molar-refractivity contribution in [3.05, 3.63) is 23.7 Å². The predicted molar refractivity (Wildman–Crippen MR) is 59.5 cm³/mol. The summed E-state index contributed by atoms with van der Waals surface area (Å²) < 4.78 is 7.39. The molecule has 6 nitrogen and oxygen atoms in total. The van der Waals surface area contributed by atoms with Crippen LogP contribution in [0, 0.1) is 6.92 Å². The summed E-state index contributed by atoms with van der Waals surface area (Å²) >= 11 is 0. The molecule has 1 aliphatic carbocycles. The van der Waals surface area contributed by atoms with Crippen molar-refractivity contribution in [3.8, 4) is 0 Å². The molecule has 3 rings (SSSR count). The van der Waals surface area contributed by atoms with Gasteiger partial charge < -0.3 is 4.42 Å². The van der Waals surface area contributed by atoms with Crippen LogP contribution < -0.4 is 0 Å². The van der Waals surface area contributed by atoms with Gasteiger partial charge in [0.25, 0.3) is 0 Å². The second-order valence-corrected chi connectivity index (χ2v) is 4.90. The van der Waals surface area contributed by atoms with E-state index in [-0.39, 0.29) is 5.54 Å². The molecule has 1 aliphatic rings. The lowest BCUT2D eigenvalue weighted by Gasteiger charge is -2.09. The van der Waals surface area contributed by atoms with E-state index in [2.05, 4.69) is 34.4 Å². The average Bonchev–Trinajstić information content (AvgIpc) is 2.77. The first-order valence-corrected chi connectivity index (χ1v) is 5.85. The summed E-state index contributed by atoms with van der Waals surface area (Å²) in [7, 11) is 0. The molecule has 0 amide bonds. The van der Waals surface area contributed by atoms with Crippen molar-refractivity contribution in [2.75, 3.05) is 0 Å². The maximum Gasteiger partial charge on any atom is 0.244 e. The van der Waals surface area contributed by atoms with Gasteiger partial charge in [0.15, 0.2) is 0 Å². The SMILES string of the molecule is Cc1nnc(C2(n3cc(C(C)C)nn3)CC2)o1. The third-order valence-electron chi connectivity index (χ3n) is 3.19. The Morgan fingerprint density at radius 1 is 1.29 bits per heavy atom. The van der Waals surface area contributed by atoms with Crippen molar-refractivity contribution in [1.82, 2.24) is 25.2 Å². The summed E-state index contributed by atoms with van der Waals surface area (Å²) in [5.74, 6) is 1.62. The number of hydrogen-bond acceptors (Lipinski definition) is 5. The molecule has 0 N–H and O–H groups in total. The van der Waals surface area contributed by atoms with Crippen LogP contribution in [0.4, 0.5) is 0 Å². The van der Waals surface area contributed by atoms with Gasteiger partial charge in [-0.3, -0.25) is 0 Å². The minimum Gasteiger partial charge on any atom is -0.423 e. The zero-order valence-electron chi connectivity index (χ0n) is 10.2. The van der Waals surface area contributed by atoms with Gasteiger partial charge >= 0.3 is 0 Å². The molecule has 90 valence electrons. The van der Waals surface area contributed by atoms with Crippen LogP contribution in [0.1, 0.15) is 50.1 Å². The lowest BCUT2D eigenvalue weighted by atomic mass is 10.1. The van der Waals surface area contributed by atoms with E-state index in [9.17, 15) is 0 Å². The molecule has 2 aromatic heterocycles. The Bertz CT molecular complexity index is 538. The van der Waals surface area contributed by atoms with Crippen molar-refractivity contribution in [2.24, 2.45) is 0 Å². The van der Waals surface area contributed by atoms with Gasteiger partial charge in [0.1, 0.15) is 5.54 Å². The summed E-state index contributed by atoms with van der Waals surface area (Å²) in [4.78, 5) is 0. The summed E-state index contributed by atoms with van der Waals surface area (Å²) in [5.41, 5.74) is 0.758. The molecular formula is C11H15N5O. The van der Waals surface area contributed by atoms with E-state index in [1.54, 1.807) is 6.92 Å². The van der Waals surface area contributed by atoms with Gasteiger partial charge in [-0.15, -0.1) is 15.3 Å². The fraction of sp³-hybridized carbons (Fsp3) is 0.636. The van der Waals surface area contributed by atoms with E-state index < -0.39 is 0 Å². The Kier molecular flexibility index (Phi) is 2.08. The molecule has 2 aromatic rings. The van der Waals surface area contributed by atoms with E-state index in [4.69, 9.17) is 4.42 Å². The standard InChI is InChI=1S/C11H15N5O/c1-7(2)9-6-16(15-13-9)11(4-5-11)10-14-12-8(3)17-10/h6-7H,4-5H2,1-3H3. The number of aromatic nitrogens is 5. The molecular weight excluding hydrogens is 218 g/mol. The number of nitrogens with zero attached hydrogens (tertiary/aromatic N) is 5. The van der Waals surface area contributed by atoms with Gasteiger partial charge in [-0.1, -0.05) is 19.1 Å². The van der Waals surface area contributed by atoms with Crippen LogP contribution >= 0.6 is 0 Å². The monoisotopic (exact) mass is 233 g/mol. The summed E-state index contributed by atoms with van der Waals surface area (Å²) in [5, 5.41) is 16.4. The highest BCUT2D eigenvalue weighted by molar-refractivity contribution is 5.16. The van der Waals surface area contributed by atoms with Crippen molar-refractivity contribution >= 4 is 0 Å². The van der Waals surface area contributed by atoms with E-state index >= 15 is 0 Å². The molecule has 0 atom stereocenters. The minimum absolute atomic E-state index is 0.235. The third-order valence-corrected chi connectivity index (χ3v) is 3.19. The highest BCUT2D eigenvalue weighted by Crippen LogP contribution is 2.48. The molecule has 0 aliphatic heterocycles. The van der Waals surface area contributed by atoms with Crippen molar-refractivity contribution in [3.63, 3.8) is 0 Å². The molecule has 0 radical (unpaired) electrons. The first-order valence-electron chi connectivity index (χ1n) is 5.85. The van der Waals surface area contributed by atoms with Gasteiger partial charge in [-0.05, 0) is 18.8 Å². The minimum atomic E-state index is -0.235. The van der Waals surface area contributed by atoms with Crippen LogP contribution in [0.3, 0.4) is 0 Å².